The van der Waals surface area contributed by atoms with Crippen LogP contribution in [0.2, 0.25) is 0 Å². The fraction of sp³-hybridized carbons (Fsp3) is 0.412. The monoisotopic (exact) mass is 319 g/mol. The highest BCUT2D eigenvalue weighted by Gasteiger charge is 2.26. The Morgan fingerprint density at radius 1 is 1.26 bits per heavy atom. The number of nitrogens with zero attached hydrogens (tertiary/aromatic N) is 2. The molecule has 6 heteroatoms. The summed E-state index contributed by atoms with van der Waals surface area (Å²) in [5, 5.41) is 16.6. The highest BCUT2D eigenvalue weighted by Crippen LogP contribution is 2.24. The summed E-state index contributed by atoms with van der Waals surface area (Å²) in [6.45, 7) is 4.42. The second kappa shape index (κ2) is 7.37. The molecule has 0 saturated carbocycles. The van der Waals surface area contributed by atoms with Crippen LogP contribution in [0.25, 0.3) is 5.69 Å². The van der Waals surface area contributed by atoms with Gasteiger partial charge >= 0.3 is 0 Å². The Hall–Kier alpha value is -2.21. The average molecular weight is 319 g/mol. The normalized spacial score (nSPS) is 11.5. The number of carbonyl (C=O) groups is 1. The van der Waals surface area contributed by atoms with Crippen molar-refractivity contribution in [1.29, 1.82) is 0 Å². The smallest absolute Gasteiger partial charge is 0.271 e. The predicted molar refractivity (Wildman–Crippen MR) is 86.0 cm³/mol. The Bertz CT molecular complexity index is 640. The van der Waals surface area contributed by atoms with Gasteiger partial charge in [-0.3, -0.25) is 4.79 Å². The van der Waals surface area contributed by atoms with Crippen molar-refractivity contribution in [2.45, 2.75) is 26.7 Å². The Labute approximate surface area is 135 Å². The zero-order valence-corrected chi connectivity index (χ0v) is 13.4. The molecule has 2 N–H and O–H groups in total. The summed E-state index contributed by atoms with van der Waals surface area (Å²) < 4.78 is 14.5. The third-order valence-electron chi connectivity index (χ3n) is 4.37. The third kappa shape index (κ3) is 3.96. The molecule has 0 aliphatic carbocycles. The third-order valence-corrected chi connectivity index (χ3v) is 4.37. The number of aliphatic hydroxyl groups is 1. The van der Waals surface area contributed by atoms with Gasteiger partial charge < -0.3 is 10.4 Å². The molecule has 2 aromatic rings. The largest absolute Gasteiger partial charge is 0.396 e. The lowest BCUT2D eigenvalue weighted by atomic mass is 9.83. The minimum atomic E-state index is -0.321. The average Bonchev–Trinajstić information content (AvgIpc) is 3.07. The van der Waals surface area contributed by atoms with E-state index in [2.05, 4.69) is 10.4 Å². The number of halogens is 1. The number of rotatable bonds is 7. The number of hydrogen-bond donors (Lipinski definition) is 2. The Morgan fingerprint density at radius 3 is 2.48 bits per heavy atom. The van der Waals surface area contributed by atoms with Gasteiger partial charge in [0, 0.05) is 18.2 Å². The molecular formula is C17H22FN3O2. The van der Waals surface area contributed by atoms with E-state index in [0.717, 1.165) is 12.8 Å². The molecule has 0 unspecified atom stereocenters. The molecule has 0 aliphatic heterocycles. The van der Waals surface area contributed by atoms with Crippen molar-refractivity contribution < 1.29 is 14.3 Å². The quantitative estimate of drug-likeness (QED) is 0.824. The van der Waals surface area contributed by atoms with E-state index >= 15 is 0 Å². The molecule has 0 aliphatic rings. The fourth-order valence-corrected chi connectivity index (χ4v) is 2.32. The van der Waals surface area contributed by atoms with Gasteiger partial charge in [-0.15, -0.1) is 0 Å². The van der Waals surface area contributed by atoms with Crippen LogP contribution in [0.1, 0.15) is 37.2 Å². The zero-order chi connectivity index (χ0) is 16.9. The molecule has 0 fully saturated rings. The molecule has 1 aromatic carbocycles. The molecule has 5 nitrogen and oxygen atoms in total. The lowest BCUT2D eigenvalue weighted by Crippen LogP contribution is -2.39. The van der Waals surface area contributed by atoms with E-state index in [0.29, 0.717) is 12.2 Å². The van der Waals surface area contributed by atoms with E-state index in [1.807, 2.05) is 13.8 Å². The van der Waals surface area contributed by atoms with Crippen LogP contribution in [0.15, 0.2) is 36.5 Å². The molecule has 0 radical (unpaired) electrons. The summed E-state index contributed by atoms with van der Waals surface area (Å²) >= 11 is 0. The van der Waals surface area contributed by atoms with Crippen molar-refractivity contribution in [1.82, 2.24) is 15.1 Å². The topological polar surface area (TPSA) is 67.2 Å². The predicted octanol–water partition coefficient (Wildman–Crippen LogP) is 2.54. The van der Waals surface area contributed by atoms with E-state index in [1.54, 1.807) is 24.4 Å². The van der Waals surface area contributed by atoms with Crippen LogP contribution in [0.4, 0.5) is 4.39 Å². The highest BCUT2D eigenvalue weighted by atomic mass is 19.1. The van der Waals surface area contributed by atoms with Gasteiger partial charge in [0.2, 0.25) is 0 Å². The minimum Gasteiger partial charge on any atom is -0.396 e. The maximum Gasteiger partial charge on any atom is 0.271 e. The second-order valence-electron chi connectivity index (χ2n) is 5.67. The second-order valence-corrected chi connectivity index (χ2v) is 5.67. The molecule has 0 saturated heterocycles. The molecule has 124 valence electrons. The molecule has 1 amide bonds. The van der Waals surface area contributed by atoms with Gasteiger partial charge in [0.05, 0.1) is 12.3 Å². The summed E-state index contributed by atoms with van der Waals surface area (Å²) in [4.78, 5) is 12.2. The molecule has 23 heavy (non-hydrogen) atoms. The number of carbonyl (C=O) groups excluding carboxylic acids is 1. The lowest BCUT2D eigenvalue weighted by Gasteiger charge is -2.29. The van der Waals surface area contributed by atoms with Crippen molar-refractivity contribution in [3.63, 3.8) is 0 Å². The number of amides is 1. The van der Waals surface area contributed by atoms with Gasteiger partial charge in [0.1, 0.15) is 5.82 Å². The number of hydrogen-bond acceptors (Lipinski definition) is 3. The van der Waals surface area contributed by atoms with Crippen molar-refractivity contribution in [3.05, 3.63) is 48.0 Å². The molecule has 1 aromatic heterocycles. The van der Waals surface area contributed by atoms with Crippen LogP contribution >= 0.6 is 0 Å². The Kier molecular flexibility index (Phi) is 5.50. The molecular weight excluding hydrogens is 297 g/mol. The van der Waals surface area contributed by atoms with E-state index in [9.17, 15) is 14.3 Å². The molecule has 0 bridgehead atoms. The van der Waals surface area contributed by atoms with Gasteiger partial charge in [0.15, 0.2) is 5.69 Å². The van der Waals surface area contributed by atoms with Crippen LogP contribution in [-0.2, 0) is 0 Å². The van der Waals surface area contributed by atoms with Gasteiger partial charge in [-0.05, 0) is 43.2 Å². The zero-order valence-electron chi connectivity index (χ0n) is 13.4. The molecule has 1 heterocycles. The number of aromatic nitrogens is 2. The van der Waals surface area contributed by atoms with Crippen LogP contribution in [-0.4, -0.2) is 33.9 Å². The Morgan fingerprint density at radius 2 is 1.91 bits per heavy atom. The number of nitrogens with one attached hydrogen (secondary N) is 1. The van der Waals surface area contributed by atoms with E-state index < -0.39 is 0 Å². The summed E-state index contributed by atoms with van der Waals surface area (Å²) in [5.41, 5.74) is 0.667. The first-order valence-electron chi connectivity index (χ1n) is 7.74. The van der Waals surface area contributed by atoms with Gasteiger partial charge in [-0.1, -0.05) is 13.8 Å². The minimum absolute atomic E-state index is 0.0320. The van der Waals surface area contributed by atoms with Crippen molar-refractivity contribution in [2.24, 2.45) is 5.41 Å². The van der Waals surface area contributed by atoms with E-state index in [1.165, 1.54) is 16.8 Å². The summed E-state index contributed by atoms with van der Waals surface area (Å²) in [6, 6.07) is 7.48. The maximum atomic E-state index is 12.9. The lowest BCUT2D eigenvalue weighted by molar-refractivity contribution is 0.0846. The van der Waals surface area contributed by atoms with Crippen LogP contribution in [0.3, 0.4) is 0 Å². The molecule has 0 atom stereocenters. The van der Waals surface area contributed by atoms with E-state index in [4.69, 9.17) is 0 Å². The van der Waals surface area contributed by atoms with Gasteiger partial charge in [-0.25, -0.2) is 9.07 Å². The summed E-state index contributed by atoms with van der Waals surface area (Å²) in [7, 11) is 0. The summed E-state index contributed by atoms with van der Waals surface area (Å²) in [5.74, 6) is -0.607. The SMILES string of the molecule is CCC(CC)(CO)CNC(=O)c1ccn(-c2ccc(F)cc2)n1. The first kappa shape index (κ1) is 17.1. The standard InChI is InChI=1S/C17H22FN3O2/c1-3-17(4-2,12-22)11-19-16(23)15-9-10-21(20-15)14-7-5-13(18)6-8-14/h5-10,22H,3-4,11-12H2,1-2H3,(H,19,23). The van der Waals surface area contributed by atoms with Crippen molar-refractivity contribution in [3.8, 4) is 5.69 Å². The molecule has 0 spiro atoms. The summed E-state index contributed by atoms with van der Waals surface area (Å²) in [6.07, 6.45) is 3.22. The fourth-order valence-electron chi connectivity index (χ4n) is 2.32. The first-order chi connectivity index (χ1) is 11.0. The highest BCUT2D eigenvalue weighted by molar-refractivity contribution is 5.92. The van der Waals surface area contributed by atoms with Crippen LogP contribution in [0, 0.1) is 11.2 Å². The van der Waals surface area contributed by atoms with Crippen LogP contribution < -0.4 is 5.32 Å². The maximum absolute atomic E-state index is 12.9. The van der Waals surface area contributed by atoms with Crippen molar-refractivity contribution in [2.75, 3.05) is 13.2 Å². The first-order valence-corrected chi connectivity index (χ1v) is 7.74. The number of benzene rings is 1. The molecule has 2 rings (SSSR count). The van der Waals surface area contributed by atoms with E-state index in [-0.39, 0.29) is 29.4 Å². The van der Waals surface area contributed by atoms with Gasteiger partial charge in [-0.2, -0.15) is 5.10 Å². The van der Waals surface area contributed by atoms with Crippen molar-refractivity contribution >= 4 is 5.91 Å². The van der Waals surface area contributed by atoms with Crippen LogP contribution in [0.5, 0.6) is 0 Å². The number of aliphatic hydroxyl groups excluding tert-OH is 1. The van der Waals surface area contributed by atoms with Gasteiger partial charge in [0.25, 0.3) is 5.91 Å². The Balaban J connectivity index is 2.05.